The van der Waals surface area contributed by atoms with E-state index in [1.165, 1.54) is 12.3 Å². The van der Waals surface area contributed by atoms with Gasteiger partial charge in [0.05, 0.1) is 11.9 Å². The fraction of sp³-hybridized carbons (Fsp3) is 0.438. The van der Waals surface area contributed by atoms with Gasteiger partial charge in [0.15, 0.2) is 0 Å². The summed E-state index contributed by atoms with van der Waals surface area (Å²) in [6.07, 6.45) is 0.218. The Labute approximate surface area is 146 Å². The molecule has 3 unspecified atom stereocenters. The molecule has 0 bridgehead atoms. The van der Waals surface area contributed by atoms with E-state index in [1.807, 2.05) is 0 Å². The lowest BCUT2D eigenvalue weighted by Gasteiger charge is -2.28. The molecule has 1 aromatic rings. The van der Waals surface area contributed by atoms with Crippen molar-refractivity contribution in [2.45, 2.75) is 31.1 Å². The zero-order valence-electron chi connectivity index (χ0n) is 13.6. The van der Waals surface area contributed by atoms with E-state index in [9.17, 15) is 22.8 Å². The van der Waals surface area contributed by atoms with Gasteiger partial charge in [0, 0.05) is 30.8 Å². The smallest absolute Gasteiger partial charge is 0.433 e. The first-order chi connectivity index (χ1) is 12.1. The summed E-state index contributed by atoms with van der Waals surface area (Å²) in [4.78, 5) is 24.8. The van der Waals surface area contributed by atoms with Gasteiger partial charge in [-0.1, -0.05) is 0 Å². The van der Waals surface area contributed by atoms with Gasteiger partial charge in [-0.3, -0.25) is 0 Å². The van der Waals surface area contributed by atoms with E-state index in [2.05, 4.69) is 9.88 Å². The van der Waals surface area contributed by atoms with Crippen molar-refractivity contribution in [3.8, 4) is 0 Å². The second kappa shape index (κ2) is 7.73. The Balaban J connectivity index is 0.000000260. The van der Waals surface area contributed by atoms with Gasteiger partial charge in [-0.15, -0.1) is 0 Å². The summed E-state index contributed by atoms with van der Waals surface area (Å²) in [7, 11) is 0. The first kappa shape index (κ1) is 19.7. The predicted octanol–water partition coefficient (Wildman–Crippen LogP) is 1.74. The molecule has 0 amide bonds. The summed E-state index contributed by atoms with van der Waals surface area (Å²) in [6.45, 7) is 0.536. The SMILES string of the molecule is NCC1CC2CC2N1c1ccc(C(F)(F)F)nc1.O=C(O)C=CC(=O)O. The van der Waals surface area contributed by atoms with Gasteiger partial charge in [0.2, 0.25) is 0 Å². The maximum Gasteiger partial charge on any atom is 0.433 e. The number of anilines is 1. The molecule has 0 spiro atoms. The highest BCUT2D eigenvalue weighted by Gasteiger charge is 2.51. The highest BCUT2D eigenvalue weighted by Crippen LogP contribution is 2.49. The normalized spacial score (nSPS) is 24.0. The molecule has 0 radical (unpaired) electrons. The third-order valence-corrected chi connectivity index (χ3v) is 4.19. The molecule has 4 N–H and O–H groups in total. The number of nitrogens with zero attached hydrogens (tertiary/aromatic N) is 2. The van der Waals surface area contributed by atoms with Gasteiger partial charge in [0.25, 0.3) is 0 Å². The molecule has 1 aliphatic heterocycles. The largest absolute Gasteiger partial charge is 0.478 e. The number of aromatic nitrogens is 1. The first-order valence-electron chi connectivity index (χ1n) is 7.79. The van der Waals surface area contributed by atoms with Crippen LogP contribution in [0.3, 0.4) is 0 Å². The fourth-order valence-corrected chi connectivity index (χ4v) is 3.02. The number of carbonyl (C=O) groups is 2. The third kappa shape index (κ3) is 4.94. The lowest BCUT2D eigenvalue weighted by Crippen LogP contribution is -2.38. The highest BCUT2D eigenvalue weighted by atomic mass is 19.4. The minimum atomic E-state index is -4.38. The molecule has 1 saturated carbocycles. The number of aliphatic carboxylic acids is 2. The van der Waals surface area contributed by atoms with Crippen LogP contribution in [0.5, 0.6) is 0 Å². The molecule has 2 heterocycles. The standard InChI is InChI=1S/C12H14F3N3.C4H4O4/c13-12(14,15)11-2-1-8(6-17-11)18-9(5-16)3-7-4-10(7)18;5-3(6)1-2-4(7)8/h1-2,6-7,9-10H,3-5,16H2;1-2H,(H,5,6)(H,7,8). The monoisotopic (exact) mass is 373 g/mol. The second-order valence-corrected chi connectivity index (χ2v) is 6.00. The van der Waals surface area contributed by atoms with Crippen LogP contribution in [0.15, 0.2) is 30.5 Å². The Kier molecular flexibility index (Phi) is 5.86. The third-order valence-electron chi connectivity index (χ3n) is 4.19. The van der Waals surface area contributed by atoms with Crippen molar-refractivity contribution < 1.29 is 33.0 Å². The maximum absolute atomic E-state index is 12.4. The lowest BCUT2D eigenvalue weighted by atomic mass is 10.1. The van der Waals surface area contributed by atoms with Crippen molar-refractivity contribution in [1.29, 1.82) is 0 Å². The van der Waals surface area contributed by atoms with Crippen LogP contribution in [0.1, 0.15) is 18.5 Å². The number of alkyl halides is 3. The number of fused-ring (bicyclic) bond motifs is 1. The first-order valence-corrected chi connectivity index (χ1v) is 7.79. The van der Waals surface area contributed by atoms with Crippen LogP contribution >= 0.6 is 0 Å². The van der Waals surface area contributed by atoms with E-state index in [0.29, 0.717) is 30.7 Å². The number of carboxylic acids is 2. The number of nitrogens with two attached hydrogens (primary N) is 1. The van der Waals surface area contributed by atoms with Gasteiger partial charge in [-0.2, -0.15) is 13.2 Å². The number of hydrogen-bond acceptors (Lipinski definition) is 5. The quantitative estimate of drug-likeness (QED) is 0.688. The minimum absolute atomic E-state index is 0.243. The van der Waals surface area contributed by atoms with Gasteiger partial charge < -0.3 is 20.8 Å². The van der Waals surface area contributed by atoms with Gasteiger partial charge in [-0.05, 0) is 30.9 Å². The minimum Gasteiger partial charge on any atom is -0.478 e. The highest BCUT2D eigenvalue weighted by molar-refractivity contribution is 5.89. The molecule has 1 aromatic heterocycles. The molecule has 142 valence electrons. The van der Waals surface area contributed by atoms with Crippen LogP contribution in [0.25, 0.3) is 0 Å². The molecular formula is C16H18F3N3O4. The van der Waals surface area contributed by atoms with Gasteiger partial charge in [0.1, 0.15) is 5.69 Å². The van der Waals surface area contributed by atoms with Crippen LogP contribution in [-0.2, 0) is 15.8 Å². The van der Waals surface area contributed by atoms with Crippen molar-refractivity contribution in [2.75, 3.05) is 11.4 Å². The van der Waals surface area contributed by atoms with Crippen molar-refractivity contribution in [2.24, 2.45) is 11.7 Å². The number of piperidine rings is 1. The van der Waals surface area contributed by atoms with Gasteiger partial charge in [-0.25, -0.2) is 14.6 Å². The van der Waals surface area contributed by atoms with E-state index in [-0.39, 0.29) is 6.04 Å². The van der Waals surface area contributed by atoms with Crippen molar-refractivity contribution in [3.63, 3.8) is 0 Å². The number of halogens is 3. The van der Waals surface area contributed by atoms with Crippen LogP contribution in [-0.4, -0.2) is 45.8 Å². The summed E-state index contributed by atoms with van der Waals surface area (Å²) < 4.78 is 37.3. The zero-order chi connectivity index (χ0) is 19.5. The molecule has 1 aliphatic carbocycles. The summed E-state index contributed by atoms with van der Waals surface area (Å²) >= 11 is 0. The van der Waals surface area contributed by atoms with E-state index >= 15 is 0 Å². The number of hydrogen-bond donors (Lipinski definition) is 3. The van der Waals surface area contributed by atoms with Crippen molar-refractivity contribution >= 4 is 17.6 Å². The lowest BCUT2D eigenvalue weighted by molar-refractivity contribution is -0.141. The Morgan fingerprint density at radius 3 is 2.27 bits per heavy atom. The van der Waals surface area contributed by atoms with E-state index in [4.69, 9.17) is 15.9 Å². The molecule has 26 heavy (non-hydrogen) atoms. The summed E-state index contributed by atoms with van der Waals surface area (Å²) in [5, 5.41) is 15.6. The Hall–Kier alpha value is -2.62. The number of carboxylic acid groups (broad SMARTS) is 2. The average molecular weight is 373 g/mol. The molecular weight excluding hydrogens is 355 g/mol. The molecule has 10 heteroatoms. The fourth-order valence-electron chi connectivity index (χ4n) is 3.02. The Morgan fingerprint density at radius 2 is 1.85 bits per heavy atom. The molecule has 0 aromatic carbocycles. The summed E-state index contributed by atoms with van der Waals surface area (Å²) in [5.41, 5.74) is 5.61. The number of pyridine rings is 1. The van der Waals surface area contributed by atoms with Crippen molar-refractivity contribution in [1.82, 2.24) is 4.98 Å². The van der Waals surface area contributed by atoms with Crippen molar-refractivity contribution in [3.05, 3.63) is 36.2 Å². The molecule has 3 atom stereocenters. The van der Waals surface area contributed by atoms with Gasteiger partial charge >= 0.3 is 18.1 Å². The maximum atomic E-state index is 12.4. The summed E-state index contributed by atoms with van der Waals surface area (Å²) in [5.74, 6) is -1.85. The Bertz CT molecular complexity index is 675. The van der Waals surface area contributed by atoms with Crippen LogP contribution < -0.4 is 10.6 Å². The Morgan fingerprint density at radius 1 is 1.23 bits per heavy atom. The van der Waals surface area contributed by atoms with E-state index in [0.717, 1.165) is 24.6 Å². The second-order valence-electron chi connectivity index (χ2n) is 6.00. The number of rotatable bonds is 4. The zero-order valence-corrected chi connectivity index (χ0v) is 13.6. The molecule has 2 fully saturated rings. The van der Waals surface area contributed by atoms with E-state index < -0.39 is 23.8 Å². The topological polar surface area (TPSA) is 117 Å². The van der Waals surface area contributed by atoms with Crippen LogP contribution in [0.2, 0.25) is 0 Å². The molecule has 1 saturated heterocycles. The summed E-state index contributed by atoms with van der Waals surface area (Å²) in [6, 6.07) is 3.24. The predicted molar refractivity (Wildman–Crippen MR) is 85.5 cm³/mol. The molecule has 7 nitrogen and oxygen atoms in total. The molecule has 2 aliphatic rings. The molecule has 3 rings (SSSR count). The van der Waals surface area contributed by atoms with E-state index in [1.54, 1.807) is 0 Å². The average Bonchev–Trinajstić information content (AvgIpc) is 3.23. The van der Waals surface area contributed by atoms with Crippen LogP contribution in [0.4, 0.5) is 18.9 Å². The van der Waals surface area contributed by atoms with Crippen LogP contribution in [0, 0.1) is 5.92 Å².